The molecule has 5 nitrogen and oxygen atoms in total. The van der Waals surface area contributed by atoms with E-state index >= 15 is 0 Å². The molecule has 1 aromatic rings. The van der Waals surface area contributed by atoms with E-state index in [2.05, 4.69) is 4.90 Å². The van der Waals surface area contributed by atoms with Gasteiger partial charge in [0.25, 0.3) is 5.69 Å². The fourth-order valence-electron chi connectivity index (χ4n) is 3.76. The van der Waals surface area contributed by atoms with Crippen LogP contribution in [0.25, 0.3) is 0 Å². The summed E-state index contributed by atoms with van der Waals surface area (Å²) in [4.78, 5) is 12.7. The van der Waals surface area contributed by atoms with E-state index in [1.807, 2.05) is 12.1 Å². The normalized spacial score (nSPS) is 29.9. The molecule has 114 valence electrons. The molecule has 0 aromatic heterocycles. The lowest BCUT2D eigenvalue weighted by Gasteiger charge is -2.47. The molecule has 1 aliphatic heterocycles. The summed E-state index contributed by atoms with van der Waals surface area (Å²) in [6, 6.07) is 6.80. The van der Waals surface area contributed by atoms with Crippen molar-refractivity contribution in [1.82, 2.24) is 4.90 Å². The van der Waals surface area contributed by atoms with Crippen LogP contribution in [0, 0.1) is 16.0 Å². The fraction of sp³-hybridized carbons (Fsp3) is 0.625. The van der Waals surface area contributed by atoms with Crippen LogP contribution in [0.5, 0.6) is 0 Å². The van der Waals surface area contributed by atoms with Crippen LogP contribution in [0.15, 0.2) is 24.3 Å². The molecule has 2 atom stereocenters. The van der Waals surface area contributed by atoms with E-state index in [-0.39, 0.29) is 10.6 Å². The second-order valence-corrected chi connectivity index (χ2v) is 6.45. The third-order valence-electron chi connectivity index (χ3n) is 5.07. The van der Waals surface area contributed by atoms with Gasteiger partial charge in [0.2, 0.25) is 0 Å². The van der Waals surface area contributed by atoms with Crippen LogP contribution in [-0.2, 0) is 6.54 Å². The second kappa shape index (κ2) is 5.73. The van der Waals surface area contributed by atoms with E-state index in [1.54, 1.807) is 12.1 Å². The number of likely N-dealkylation sites (tertiary alicyclic amines) is 1. The first-order chi connectivity index (χ1) is 10.1. The minimum Gasteiger partial charge on any atom is -0.390 e. The van der Waals surface area contributed by atoms with Gasteiger partial charge in [-0.15, -0.1) is 0 Å². The van der Waals surface area contributed by atoms with Crippen molar-refractivity contribution in [1.29, 1.82) is 0 Å². The van der Waals surface area contributed by atoms with E-state index in [0.717, 1.165) is 50.9 Å². The third kappa shape index (κ3) is 3.09. The van der Waals surface area contributed by atoms with Crippen molar-refractivity contribution in [2.24, 2.45) is 5.92 Å². The van der Waals surface area contributed by atoms with Crippen molar-refractivity contribution in [3.8, 4) is 0 Å². The number of nitro groups is 1. The Labute approximate surface area is 124 Å². The Morgan fingerprint density at radius 3 is 2.76 bits per heavy atom. The van der Waals surface area contributed by atoms with Gasteiger partial charge in [0.1, 0.15) is 0 Å². The maximum Gasteiger partial charge on any atom is 0.269 e. The highest BCUT2D eigenvalue weighted by molar-refractivity contribution is 5.32. The topological polar surface area (TPSA) is 66.6 Å². The number of aliphatic hydroxyl groups is 1. The molecule has 3 rings (SSSR count). The summed E-state index contributed by atoms with van der Waals surface area (Å²) >= 11 is 0. The van der Waals surface area contributed by atoms with Crippen molar-refractivity contribution in [3.05, 3.63) is 39.9 Å². The molecule has 21 heavy (non-hydrogen) atoms. The van der Waals surface area contributed by atoms with Gasteiger partial charge in [0, 0.05) is 37.7 Å². The number of fused-ring (bicyclic) bond motifs is 1. The maximum atomic E-state index is 10.7. The Bertz CT molecular complexity index is 517. The Balaban J connectivity index is 1.62. The first-order valence-electron chi connectivity index (χ1n) is 7.75. The lowest BCUT2D eigenvalue weighted by molar-refractivity contribution is -0.384. The number of piperidine rings is 1. The molecule has 0 amide bonds. The van der Waals surface area contributed by atoms with Crippen LogP contribution in [0.4, 0.5) is 5.69 Å². The van der Waals surface area contributed by atoms with Crippen LogP contribution in [0.1, 0.15) is 37.7 Å². The summed E-state index contributed by atoms with van der Waals surface area (Å²) in [7, 11) is 0. The van der Waals surface area contributed by atoms with Gasteiger partial charge >= 0.3 is 0 Å². The summed E-state index contributed by atoms with van der Waals surface area (Å²) in [6.07, 6.45) is 5.29. The third-order valence-corrected chi connectivity index (χ3v) is 5.07. The lowest BCUT2D eigenvalue weighted by atomic mass is 9.71. The van der Waals surface area contributed by atoms with E-state index in [4.69, 9.17) is 0 Å². The number of hydrogen-bond donors (Lipinski definition) is 1. The molecule has 1 aromatic carbocycles. The van der Waals surface area contributed by atoms with Crippen LogP contribution < -0.4 is 0 Å². The molecule has 2 unspecified atom stereocenters. The SMILES string of the molecule is O=[N+]([O-])c1ccc(CN2CCC3(O)CCCCC3C2)cc1. The molecule has 5 heteroatoms. The number of rotatable bonds is 3. The Kier molecular flexibility index (Phi) is 3.95. The van der Waals surface area contributed by atoms with Gasteiger partial charge in [-0.25, -0.2) is 0 Å². The molecule has 0 radical (unpaired) electrons. The number of benzene rings is 1. The van der Waals surface area contributed by atoms with Crippen molar-refractivity contribution >= 4 is 5.69 Å². The van der Waals surface area contributed by atoms with E-state index in [0.29, 0.717) is 5.92 Å². The smallest absolute Gasteiger partial charge is 0.269 e. The molecule has 2 fully saturated rings. The van der Waals surface area contributed by atoms with Crippen LogP contribution in [0.2, 0.25) is 0 Å². The Hall–Kier alpha value is -1.46. The molecule has 2 aliphatic rings. The molecule has 1 saturated carbocycles. The van der Waals surface area contributed by atoms with Gasteiger partial charge in [-0.3, -0.25) is 15.0 Å². The quantitative estimate of drug-likeness (QED) is 0.686. The monoisotopic (exact) mass is 290 g/mol. The first-order valence-corrected chi connectivity index (χ1v) is 7.75. The van der Waals surface area contributed by atoms with E-state index < -0.39 is 5.60 Å². The van der Waals surface area contributed by atoms with Crippen molar-refractivity contribution in [2.45, 2.75) is 44.2 Å². The van der Waals surface area contributed by atoms with Crippen LogP contribution in [-0.4, -0.2) is 33.6 Å². The number of nitrogens with zero attached hydrogens (tertiary/aromatic N) is 2. The summed E-state index contributed by atoms with van der Waals surface area (Å²) in [5.41, 5.74) is 0.797. The predicted octanol–water partition coefficient (Wildman–Crippen LogP) is 2.72. The number of nitro benzene ring substituents is 1. The molecule has 0 spiro atoms. The zero-order valence-corrected chi connectivity index (χ0v) is 12.2. The molecule has 0 bridgehead atoms. The van der Waals surface area contributed by atoms with Gasteiger partial charge < -0.3 is 5.11 Å². The minimum atomic E-state index is -0.440. The molecule has 1 N–H and O–H groups in total. The highest BCUT2D eigenvalue weighted by Crippen LogP contribution is 2.40. The van der Waals surface area contributed by atoms with Crippen molar-refractivity contribution < 1.29 is 10.0 Å². The van der Waals surface area contributed by atoms with Crippen molar-refractivity contribution in [2.75, 3.05) is 13.1 Å². The molecule has 1 heterocycles. The zero-order chi connectivity index (χ0) is 14.9. The van der Waals surface area contributed by atoms with Gasteiger partial charge in [-0.2, -0.15) is 0 Å². The molecular formula is C16H22N2O3. The molecule has 1 aliphatic carbocycles. The van der Waals surface area contributed by atoms with Gasteiger partial charge in [-0.05, 0) is 24.8 Å². The average Bonchev–Trinajstić information content (AvgIpc) is 2.48. The lowest BCUT2D eigenvalue weighted by Crippen LogP contribution is -2.52. The summed E-state index contributed by atoms with van der Waals surface area (Å²) in [5.74, 6) is 0.387. The Morgan fingerprint density at radius 1 is 1.29 bits per heavy atom. The zero-order valence-electron chi connectivity index (χ0n) is 12.2. The summed E-state index contributed by atoms with van der Waals surface area (Å²) < 4.78 is 0. The number of non-ortho nitro benzene ring substituents is 1. The van der Waals surface area contributed by atoms with Gasteiger partial charge in [-0.1, -0.05) is 25.0 Å². The van der Waals surface area contributed by atoms with Crippen LogP contribution in [0.3, 0.4) is 0 Å². The predicted molar refractivity (Wildman–Crippen MR) is 79.9 cm³/mol. The van der Waals surface area contributed by atoms with Gasteiger partial charge in [0.15, 0.2) is 0 Å². The van der Waals surface area contributed by atoms with E-state index in [1.165, 1.54) is 6.42 Å². The average molecular weight is 290 g/mol. The Morgan fingerprint density at radius 2 is 2.05 bits per heavy atom. The minimum absolute atomic E-state index is 0.138. The summed E-state index contributed by atoms with van der Waals surface area (Å²) in [6.45, 7) is 2.65. The largest absolute Gasteiger partial charge is 0.390 e. The first kappa shape index (κ1) is 14.5. The fourth-order valence-corrected chi connectivity index (χ4v) is 3.76. The highest BCUT2D eigenvalue weighted by Gasteiger charge is 2.42. The highest BCUT2D eigenvalue weighted by atomic mass is 16.6. The van der Waals surface area contributed by atoms with E-state index in [9.17, 15) is 15.2 Å². The van der Waals surface area contributed by atoms with Crippen LogP contribution >= 0.6 is 0 Å². The second-order valence-electron chi connectivity index (χ2n) is 6.45. The van der Waals surface area contributed by atoms with Crippen molar-refractivity contribution in [3.63, 3.8) is 0 Å². The summed E-state index contributed by atoms with van der Waals surface area (Å²) in [5, 5.41) is 21.3. The number of hydrogen-bond acceptors (Lipinski definition) is 4. The molecule has 1 saturated heterocycles. The van der Waals surface area contributed by atoms with Gasteiger partial charge in [0.05, 0.1) is 10.5 Å². The standard InChI is InChI=1S/C16H22N2O3/c19-16-8-2-1-3-14(16)12-17(10-9-16)11-13-4-6-15(7-5-13)18(20)21/h4-7,14,19H,1-3,8-12H2. The maximum absolute atomic E-state index is 10.7. The molecular weight excluding hydrogens is 268 g/mol.